The zero-order chi connectivity index (χ0) is 17.5. The van der Waals surface area contributed by atoms with Crippen LogP contribution in [0.4, 0.5) is 0 Å². The average Bonchev–Trinajstić information content (AvgIpc) is 2.39. The van der Waals surface area contributed by atoms with E-state index in [1.54, 1.807) is 0 Å². The van der Waals surface area contributed by atoms with Gasteiger partial charge >= 0.3 is 0 Å². The number of hydrogen-bond acceptors (Lipinski definition) is 4. The number of rotatable bonds is 3. The molecule has 0 aromatic heterocycles. The number of carbonyl (C=O) groups is 2. The van der Waals surface area contributed by atoms with Crippen molar-refractivity contribution in [3.05, 3.63) is 27.4 Å². The predicted octanol–water partition coefficient (Wildman–Crippen LogP) is 2.56. The molecule has 4 N–H and O–H groups in total. The highest BCUT2D eigenvalue weighted by atomic mass is 127. The molecule has 0 aliphatic carbocycles. The quantitative estimate of drug-likeness (QED) is 0.489. The summed E-state index contributed by atoms with van der Waals surface area (Å²) in [6, 6.07) is 0. The van der Waals surface area contributed by atoms with Crippen molar-refractivity contribution >= 4 is 79.6 Å². The standard InChI is InChI=1S/C14H15I3N2O4/c1-14(2)22-3-5(4-23-14)6-9(15)7(12(18)20)11(17)8(10(6)16)13(19)21/h5H,3-4H2,1-2H3,(H2,18,20)(H2,19,21). The fraction of sp³-hybridized carbons (Fsp3) is 0.429. The zero-order valence-corrected chi connectivity index (χ0v) is 18.9. The lowest BCUT2D eigenvalue weighted by atomic mass is 9.94. The van der Waals surface area contributed by atoms with Crippen LogP contribution in [0.3, 0.4) is 0 Å². The molecule has 126 valence electrons. The smallest absolute Gasteiger partial charge is 0.250 e. The summed E-state index contributed by atoms with van der Waals surface area (Å²) in [6.07, 6.45) is 0. The molecule has 1 aromatic carbocycles. The van der Waals surface area contributed by atoms with Gasteiger partial charge in [0.1, 0.15) is 0 Å². The monoisotopic (exact) mass is 656 g/mol. The van der Waals surface area contributed by atoms with Crippen LogP contribution in [0.15, 0.2) is 0 Å². The van der Waals surface area contributed by atoms with E-state index >= 15 is 0 Å². The molecule has 1 fully saturated rings. The van der Waals surface area contributed by atoms with Gasteiger partial charge in [-0.25, -0.2) is 0 Å². The van der Waals surface area contributed by atoms with Gasteiger partial charge in [-0.05, 0) is 87.2 Å². The molecule has 6 nitrogen and oxygen atoms in total. The molecule has 2 amide bonds. The molecular weight excluding hydrogens is 641 g/mol. The predicted molar refractivity (Wildman–Crippen MR) is 110 cm³/mol. The minimum Gasteiger partial charge on any atom is -0.366 e. The van der Waals surface area contributed by atoms with E-state index in [1.165, 1.54) is 0 Å². The topological polar surface area (TPSA) is 105 Å². The van der Waals surface area contributed by atoms with Crippen LogP contribution in [0.5, 0.6) is 0 Å². The van der Waals surface area contributed by atoms with E-state index in [1.807, 2.05) is 36.4 Å². The average molecular weight is 656 g/mol. The van der Waals surface area contributed by atoms with Crippen molar-refractivity contribution in [1.82, 2.24) is 0 Å². The molecule has 1 saturated heterocycles. The lowest BCUT2D eigenvalue weighted by Gasteiger charge is -2.36. The summed E-state index contributed by atoms with van der Waals surface area (Å²) in [4.78, 5) is 23.7. The Morgan fingerprint density at radius 1 is 0.957 bits per heavy atom. The van der Waals surface area contributed by atoms with Gasteiger partial charge in [0, 0.05) is 16.6 Å². The van der Waals surface area contributed by atoms with Gasteiger partial charge in [-0.2, -0.15) is 0 Å². The second-order valence-electron chi connectivity index (χ2n) is 5.55. The molecule has 0 radical (unpaired) electrons. The Morgan fingerprint density at radius 3 is 1.70 bits per heavy atom. The number of ether oxygens (including phenoxy) is 2. The first-order valence-corrected chi connectivity index (χ1v) is 9.88. The van der Waals surface area contributed by atoms with Gasteiger partial charge in [0.05, 0.1) is 24.3 Å². The molecule has 0 bridgehead atoms. The van der Waals surface area contributed by atoms with E-state index in [0.717, 1.165) is 5.56 Å². The first-order valence-electron chi connectivity index (χ1n) is 6.64. The largest absolute Gasteiger partial charge is 0.366 e. The number of carbonyl (C=O) groups excluding carboxylic acids is 2. The Bertz CT molecular complexity index is 640. The minimum atomic E-state index is -0.643. The summed E-state index contributed by atoms with van der Waals surface area (Å²) in [5, 5.41) is 0. The van der Waals surface area contributed by atoms with Crippen LogP contribution in [-0.2, 0) is 9.47 Å². The van der Waals surface area contributed by atoms with Crippen LogP contribution in [0.2, 0.25) is 0 Å². The van der Waals surface area contributed by atoms with Gasteiger partial charge in [-0.3, -0.25) is 9.59 Å². The molecule has 9 heteroatoms. The minimum absolute atomic E-state index is 0.102. The van der Waals surface area contributed by atoms with Crippen molar-refractivity contribution in [3.63, 3.8) is 0 Å². The molecule has 2 rings (SSSR count). The molecule has 23 heavy (non-hydrogen) atoms. The van der Waals surface area contributed by atoms with Crippen LogP contribution in [0.1, 0.15) is 46.0 Å². The van der Waals surface area contributed by atoms with Crippen molar-refractivity contribution in [3.8, 4) is 0 Å². The van der Waals surface area contributed by atoms with Gasteiger partial charge in [-0.1, -0.05) is 0 Å². The Labute approximate surface area is 174 Å². The third kappa shape index (κ3) is 3.93. The second-order valence-corrected chi connectivity index (χ2v) is 8.79. The number of benzene rings is 1. The Kier molecular flexibility index (Phi) is 6.18. The fourth-order valence-electron chi connectivity index (χ4n) is 2.33. The van der Waals surface area contributed by atoms with Crippen molar-refractivity contribution in [2.75, 3.05) is 13.2 Å². The van der Waals surface area contributed by atoms with Gasteiger partial charge in [-0.15, -0.1) is 0 Å². The summed E-state index contributed by atoms with van der Waals surface area (Å²) in [6.45, 7) is 4.54. The first kappa shape index (κ1) is 19.6. The summed E-state index contributed by atoms with van der Waals surface area (Å²) >= 11 is 6.11. The number of primary amides is 2. The van der Waals surface area contributed by atoms with Crippen LogP contribution < -0.4 is 11.5 Å². The van der Waals surface area contributed by atoms with Crippen LogP contribution in [0, 0.1) is 10.7 Å². The van der Waals surface area contributed by atoms with Crippen LogP contribution >= 0.6 is 67.8 Å². The number of nitrogens with two attached hydrogens (primary N) is 2. The third-order valence-electron chi connectivity index (χ3n) is 3.52. The van der Waals surface area contributed by atoms with Crippen molar-refractivity contribution in [2.45, 2.75) is 25.6 Å². The van der Waals surface area contributed by atoms with E-state index in [4.69, 9.17) is 20.9 Å². The molecule has 1 heterocycles. The van der Waals surface area contributed by atoms with E-state index in [9.17, 15) is 9.59 Å². The molecule has 1 aliphatic rings. The molecule has 0 spiro atoms. The van der Waals surface area contributed by atoms with E-state index in [0.29, 0.717) is 35.1 Å². The lowest BCUT2D eigenvalue weighted by Crippen LogP contribution is -2.39. The Balaban J connectivity index is 2.64. The van der Waals surface area contributed by atoms with E-state index in [-0.39, 0.29) is 5.92 Å². The number of hydrogen-bond donors (Lipinski definition) is 2. The Morgan fingerprint density at radius 2 is 1.35 bits per heavy atom. The zero-order valence-electron chi connectivity index (χ0n) is 12.4. The van der Waals surface area contributed by atoms with Gasteiger partial charge < -0.3 is 20.9 Å². The van der Waals surface area contributed by atoms with Crippen molar-refractivity contribution in [2.24, 2.45) is 11.5 Å². The second kappa shape index (κ2) is 7.25. The maximum Gasteiger partial charge on any atom is 0.250 e. The van der Waals surface area contributed by atoms with Gasteiger partial charge in [0.2, 0.25) is 0 Å². The van der Waals surface area contributed by atoms with Crippen molar-refractivity contribution in [1.29, 1.82) is 0 Å². The molecule has 0 saturated carbocycles. The fourth-order valence-corrected chi connectivity index (χ4v) is 7.44. The molecule has 1 aromatic rings. The van der Waals surface area contributed by atoms with E-state index < -0.39 is 17.6 Å². The lowest BCUT2D eigenvalue weighted by molar-refractivity contribution is -0.251. The number of amides is 2. The maximum atomic E-state index is 11.9. The molecule has 0 unspecified atom stereocenters. The molecular formula is C14H15I3N2O4. The summed E-state index contributed by atoms with van der Waals surface area (Å²) < 4.78 is 13.3. The Hall–Kier alpha value is 0.270. The summed E-state index contributed by atoms with van der Waals surface area (Å²) in [7, 11) is 0. The van der Waals surface area contributed by atoms with Gasteiger partial charge in [0.15, 0.2) is 5.79 Å². The number of halogens is 3. The normalized spacial score (nSPS) is 18.0. The maximum absolute atomic E-state index is 11.9. The molecule has 1 aliphatic heterocycles. The highest BCUT2D eigenvalue weighted by Crippen LogP contribution is 2.38. The van der Waals surface area contributed by atoms with E-state index in [2.05, 4.69) is 45.2 Å². The first-order chi connectivity index (χ1) is 10.6. The van der Waals surface area contributed by atoms with Gasteiger partial charge in [0.25, 0.3) is 11.8 Å². The van der Waals surface area contributed by atoms with Crippen LogP contribution in [0.25, 0.3) is 0 Å². The highest BCUT2D eigenvalue weighted by molar-refractivity contribution is 14.1. The van der Waals surface area contributed by atoms with Crippen LogP contribution in [-0.4, -0.2) is 30.8 Å². The van der Waals surface area contributed by atoms with Crippen molar-refractivity contribution < 1.29 is 19.1 Å². The summed E-state index contributed by atoms with van der Waals surface area (Å²) in [5.41, 5.74) is 12.5. The SMILES string of the molecule is CC1(C)OCC(c2c(I)c(C(N)=O)c(I)c(C(N)=O)c2I)CO1. The summed E-state index contributed by atoms with van der Waals surface area (Å²) in [5.74, 6) is -1.92. The highest BCUT2D eigenvalue weighted by Gasteiger charge is 2.34. The molecule has 0 atom stereocenters. The third-order valence-corrected chi connectivity index (χ3v) is 6.84.